The second-order valence-electron chi connectivity index (χ2n) is 5.39. The van der Waals surface area contributed by atoms with Crippen LogP contribution in [0.2, 0.25) is 0 Å². The number of nitrogens with zero attached hydrogens (tertiary/aromatic N) is 2. The Bertz CT molecular complexity index is 512. The lowest BCUT2D eigenvalue weighted by Crippen LogP contribution is -2.45. The second-order valence-corrected chi connectivity index (χ2v) is 5.83. The van der Waals surface area contributed by atoms with Crippen LogP contribution in [-0.2, 0) is 4.79 Å². The van der Waals surface area contributed by atoms with E-state index < -0.39 is 0 Å². The quantitative estimate of drug-likeness (QED) is 0.792. The Morgan fingerprint density at radius 3 is 2.71 bits per heavy atom. The molecule has 1 aromatic rings. The van der Waals surface area contributed by atoms with Crippen molar-refractivity contribution in [1.29, 1.82) is 0 Å². The van der Waals surface area contributed by atoms with E-state index in [0.29, 0.717) is 11.4 Å². The summed E-state index contributed by atoms with van der Waals surface area (Å²) in [7, 11) is 2.12. The summed E-state index contributed by atoms with van der Waals surface area (Å²) in [4.78, 5) is 17.0. The van der Waals surface area contributed by atoms with Crippen molar-refractivity contribution < 1.29 is 4.79 Å². The molecule has 1 aliphatic heterocycles. The average molecular weight is 306 g/mol. The number of nitrogens with two attached hydrogens (primary N) is 1. The third kappa shape index (κ3) is 5.08. The standard InChI is InChI=1S/C15H22N4OS/c1-18-7-9-19(10-8-18)6-5-14(20)17-13-4-2-3-12(11-13)15(16)21/h2-4,11H,5-10H2,1H3,(H2,16,21)(H,17,20). The van der Waals surface area contributed by atoms with Gasteiger partial charge in [-0.1, -0.05) is 24.4 Å². The van der Waals surface area contributed by atoms with Crippen LogP contribution in [0.5, 0.6) is 0 Å². The SMILES string of the molecule is CN1CCN(CCC(=O)Nc2cccc(C(N)=S)c2)CC1. The number of carbonyl (C=O) groups excluding carboxylic acids is 1. The van der Waals surface area contributed by atoms with Crippen LogP contribution in [0, 0.1) is 0 Å². The van der Waals surface area contributed by atoms with Crippen molar-refractivity contribution in [3.05, 3.63) is 29.8 Å². The molecule has 3 N–H and O–H groups in total. The summed E-state index contributed by atoms with van der Waals surface area (Å²) in [6.45, 7) is 4.99. The Balaban J connectivity index is 1.79. The number of rotatable bonds is 5. The molecule has 6 heteroatoms. The first-order valence-electron chi connectivity index (χ1n) is 7.15. The van der Waals surface area contributed by atoms with Crippen LogP contribution in [0.1, 0.15) is 12.0 Å². The minimum atomic E-state index is 0.0222. The molecule has 0 aliphatic carbocycles. The van der Waals surface area contributed by atoms with Crippen molar-refractivity contribution in [3.63, 3.8) is 0 Å². The molecule has 1 saturated heterocycles. The number of hydrogen-bond donors (Lipinski definition) is 2. The normalized spacial score (nSPS) is 16.6. The zero-order chi connectivity index (χ0) is 15.2. The van der Waals surface area contributed by atoms with Gasteiger partial charge in [0.1, 0.15) is 4.99 Å². The van der Waals surface area contributed by atoms with E-state index in [9.17, 15) is 4.79 Å². The summed E-state index contributed by atoms with van der Waals surface area (Å²) >= 11 is 4.94. The summed E-state index contributed by atoms with van der Waals surface area (Å²) in [6, 6.07) is 7.32. The minimum Gasteiger partial charge on any atom is -0.389 e. The second kappa shape index (κ2) is 7.49. The first-order chi connectivity index (χ1) is 10.0. The smallest absolute Gasteiger partial charge is 0.225 e. The molecule has 1 fully saturated rings. The minimum absolute atomic E-state index is 0.0222. The highest BCUT2D eigenvalue weighted by Gasteiger charge is 2.14. The van der Waals surface area contributed by atoms with Crippen molar-refractivity contribution in [2.45, 2.75) is 6.42 Å². The van der Waals surface area contributed by atoms with Gasteiger partial charge in [-0.3, -0.25) is 4.79 Å². The molecule has 0 bridgehead atoms. The van der Waals surface area contributed by atoms with Crippen molar-refractivity contribution in [1.82, 2.24) is 9.80 Å². The molecule has 2 rings (SSSR count). The summed E-state index contributed by atoms with van der Waals surface area (Å²) in [5.41, 5.74) is 7.09. The molecule has 0 radical (unpaired) electrons. The van der Waals surface area contributed by atoms with E-state index in [-0.39, 0.29) is 5.91 Å². The highest BCUT2D eigenvalue weighted by atomic mass is 32.1. The maximum atomic E-state index is 12.0. The third-order valence-electron chi connectivity index (χ3n) is 3.68. The van der Waals surface area contributed by atoms with E-state index in [0.717, 1.165) is 44.0 Å². The zero-order valence-electron chi connectivity index (χ0n) is 12.3. The van der Waals surface area contributed by atoms with Crippen LogP contribution >= 0.6 is 12.2 Å². The number of likely N-dealkylation sites (N-methyl/N-ethyl adjacent to an activating group) is 1. The molecule has 1 aliphatic rings. The Morgan fingerprint density at radius 2 is 2.05 bits per heavy atom. The number of benzene rings is 1. The predicted molar refractivity (Wildman–Crippen MR) is 89.5 cm³/mol. The number of carbonyl (C=O) groups is 1. The van der Waals surface area contributed by atoms with Gasteiger partial charge in [-0.2, -0.15) is 0 Å². The van der Waals surface area contributed by atoms with Crippen LogP contribution < -0.4 is 11.1 Å². The fourth-order valence-electron chi connectivity index (χ4n) is 2.30. The highest BCUT2D eigenvalue weighted by molar-refractivity contribution is 7.80. The van der Waals surface area contributed by atoms with Crippen LogP contribution in [0.3, 0.4) is 0 Å². The number of amides is 1. The fourth-order valence-corrected chi connectivity index (χ4v) is 2.43. The van der Waals surface area contributed by atoms with E-state index in [1.54, 1.807) is 6.07 Å². The van der Waals surface area contributed by atoms with Gasteiger partial charge in [0.2, 0.25) is 5.91 Å². The molecule has 0 spiro atoms. The molecule has 0 saturated carbocycles. The average Bonchev–Trinajstić information content (AvgIpc) is 2.47. The molecule has 1 amide bonds. The van der Waals surface area contributed by atoms with Crippen LogP contribution in [0.4, 0.5) is 5.69 Å². The highest BCUT2D eigenvalue weighted by Crippen LogP contribution is 2.11. The van der Waals surface area contributed by atoms with Gasteiger partial charge < -0.3 is 20.9 Å². The molecule has 0 unspecified atom stereocenters. The lowest BCUT2D eigenvalue weighted by molar-refractivity contribution is -0.116. The van der Waals surface area contributed by atoms with Gasteiger partial charge in [0.15, 0.2) is 0 Å². The topological polar surface area (TPSA) is 61.6 Å². The molecule has 1 heterocycles. The molecule has 5 nitrogen and oxygen atoms in total. The molecule has 114 valence electrons. The van der Waals surface area contributed by atoms with Crippen LogP contribution in [0.15, 0.2) is 24.3 Å². The summed E-state index contributed by atoms with van der Waals surface area (Å²) in [5, 5.41) is 2.89. The number of nitrogens with one attached hydrogen (secondary N) is 1. The van der Waals surface area contributed by atoms with Crippen LogP contribution in [0.25, 0.3) is 0 Å². The molecular weight excluding hydrogens is 284 g/mol. The molecule has 1 aromatic carbocycles. The van der Waals surface area contributed by atoms with E-state index >= 15 is 0 Å². The van der Waals surface area contributed by atoms with Crippen LogP contribution in [-0.4, -0.2) is 60.5 Å². The lowest BCUT2D eigenvalue weighted by Gasteiger charge is -2.32. The summed E-state index contributed by atoms with van der Waals surface area (Å²) < 4.78 is 0. The number of anilines is 1. The van der Waals surface area contributed by atoms with Gasteiger partial charge in [-0.15, -0.1) is 0 Å². The number of hydrogen-bond acceptors (Lipinski definition) is 4. The lowest BCUT2D eigenvalue weighted by atomic mass is 10.2. The van der Waals surface area contributed by atoms with Crippen molar-refractivity contribution in [2.75, 3.05) is 45.1 Å². The Labute approximate surface area is 131 Å². The first kappa shape index (κ1) is 15.9. The number of piperazine rings is 1. The molecule has 0 atom stereocenters. The monoisotopic (exact) mass is 306 g/mol. The van der Waals surface area contributed by atoms with Gasteiger partial charge in [0.05, 0.1) is 0 Å². The third-order valence-corrected chi connectivity index (χ3v) is 3.92. The molecule has 0 aromatic heterocycles. The fraction of sp³-hybridized carbons (Fsp3) is 0.467. The van der Waals surface area contributed by atoms with Gasteiger partial charge in [0, 0.05) is 50.4 Å². The Morgan fingerprint density at radius 1 is 1.33 bits per heavy atom. The van der Waals surface area contributed by atoms with Gasteiger partial charge in [-0.25, -0.2) is 0 Å². The maximum Gasteiger partial charge on any atom is 0.225 e. The van der Waals surface area contributed by atoms with E-state index in [2.05, 4.69) is 22.2 Å². The Kier molecular flexibility index (Phi) is 5.67. The molecular formula is C15H22N4OS. The van der Waals surface area contributed by atoms with Crippen molar-refractivity contribution >= 4 is 28.8 Å². The first-order valence-corrected chi connectivity index (χ1v) is 7.56. The zero-order valence-corrected chi connectivity index (χ0v) is 13.2. The van der Waals surface area contributed by atoms with Crippen molar-refractivity contribution in [2.24, 2.45) is 5.73 Å². The largest absolute Gasteiger partial charge is 0.389 e. The van der Waals surface area contributed by atoms with Gasteiger partial charge >= 0.3 is 0 Å². The van der Waals surface area contributed by atoms with Crippen molar-refractivity contribution in [3.8, 4) is 0 Å². The summed E-state index contributed by atoms with van der Waals surface area (Å²) in [6.07, 6.45) is 0.501. The number of thiocarbonyl (C=S) groups is 1. The predicted octanol–water partition coefficient (Wildman–Crippen LogP) is 0.897. The van der Waals surface area contributed by atoms with Gasteiger partial charge in [0.25, 0.3) is 0 Å². The van der Waals surface area contributed by atoms with E-state index in [1.807, 2.05) is 18.2 Å². The molecule has 21 heavy (non-hydrogen) atoms. The Hall–Kier alpha value is -1.50. The van der Waals surface area contributed by atoms with E-state index in [4.69, 9.17) is 18.0 Å². The van der Waals surface area contributed by atoms with Gasteiger partial charge in [-0.05, 0) is 19.2 Å². The van der Waals surface area contributed by atoms with E-state index in [1.165, 1.54) is 0 Å². The maximum absolute atomic E-state index is 12.0. The summed E-state index contributed by atoms with van der Waals surface area (Å²) in [5.74, 6) is 0.0222.